The zero-order valence-electron chi connectivity index (χ0n) is 15.6. The first-order chi connectivity index (χ1) is 13.8. The van der Waals surface area contributed by atoms with Crippen molar-refractivity contribution in [2.24, 2.45) is 4.99 Å². The number of amides is 1. The van der Waals surface area contributed by atoms with Gasteiger partial charge < -0.3 is 9.64 Å². The Balaban J connectivity index is 1.54. The van der Waals surface area contributed by atoms with Crippen LogP contribution in [0.5, 0.6) is 5.75 Å². The standard InChI is InChI=1S/C20H19ClN2O4S2/c1-13-2-6-15(7-3-13)23-17-11-29(25,26)12-18(17)28-20(23)22-19(24)10-27-16-8-4-14(21)5-9-16/h2-9,17-18H,10-12H2,1H3/t17-,18+/m1/s1. The van der Waals surface area contributed by atoms with Crippen molar-refractivity contribution in [3.8, 4) is 5.75 Å². The monoisotopic (exact) mass is 450 g/mol. The van der Waals surface area contributed by atoms with Crippen molar-refractivity contribution in [2.75, 3.05) is 23.0 Å². The third kappa shape index (κ3) is 4.60. The van der Waals surface area contributed by atoms with E-state index in [1.54, 1.807) is 24.3 Å². The highest BCUT2D eigenvalue weighted by molar-refractivity contribution is 8.16. The maximum absolute atomic E-state index is 12.4. The molecule has 29 heavy (non-hydrogen) atoms. The van der Waals surface area contributed by atoms with Crippen LogP contribution in [0.1, 0.15) is 5.56 Å². The lowest BCUT2D eigenvalue weighted by Crippen LogP contribution is -2.37. The number of hydrogen-bond donors (Lipinski definition) is 0. The topological polar surface area (TPSA) is 76.0 Å². The molecular formula is C20H19ClN2O4S2. The number of aliphatic imine (C=N–C) groups is 1. The van der Waals surface area contributed by atoms with Crippen molar-refractivity contribution in [1.29, 1.82) is 0 Å². The average Bonchev–Trinajstić information content (AvgIpc) is 3.13. The van der Waals surface area contributed by atoms with Gasteiger partial charge in [-0.1, -0.05) is 41.1 Å². The molecule has 4 rings (SSSR count). The summed E-state index contributed by atoms with van der Waals surface area (Å²) < 4.78 is 29.7. The Hall–Kier alpha value is -2.03. The van der Waals surface area contributed by atoms with Gasteiger partial charge in [0.2, 0.25) is 0 Å². The first-order valence-electron chi connectivity index (χ1n) is 9.04. The molecule has 2 aromatic rings. The lowest BCUT2D eigenvalue weighted by Gasteiger charge is -2.24. The molecule has 0 unspecified atom stereocenters. The summed E-state index contributed by atoms with van der Waals surface area (Å²) in [5.41, 5.74) is 1.93. The minimum Gasteiger partial charge on any atom is -0.484 e. The van der Waals surface area contributed by atoms with Crippen LogP contribution in [0.2, 0.25) is 5.02 Å². The summed E-state index contributed by atoms with van der Waals surface area (Å²) in [7, 11) is -3.09. The fraction of sp³-hybridized carbons (Fsp3) is 0.300. The van der Waals surface area contributed by atoms with Crippen molar-refractivity contribution in [3.63, 3.8) is 0 Å². The molecule has 0 aliphatic carbocycles. The molecule has 2 atom stereocenters. The Morgan fingerprint density at radius 2 is 1.86 bits per heavy atom. The molecule has 0 saturated carbocycles. The Kier molecular flexibility index (Phi) is 5.59. The lowest BCUT2D eigenvalue weighted by atomic mass is 10.1. The zero-order chi connectivity index (χ0) is 20.6. The summed E-state index contributed by atoms with van der Waals surface area (Å²) in [6.45, 7) is 1.78. The first kappa shape index (κ1) is 20.3. The number of ether oxygens (including phenoxy) is 1. The maximum atomic E-state index is 12.4. The second-order valence-corrected chi connectivity index (χ2v) is 10.8. The van der Waals surface area contributed by atoms with Gasteiger partial charge in [0.15, 0.2) is 21.6 Å². The average molecular weight is 451 g/mol. The Labute approximate surface area is 178 Å². The van der Waals surface area contributed by atoms with Crippen molar-refractivity contribution in [2.45, 2.75) is 18.2 Å². The smallest absolute Gasteiger partial charge is 0.285 e. The third-order valence-electron chi connectivity index (χ3n) is 4.78. The molecule has 2 aromatic carbocycles. The SMILES string of the molecule is Cc1ccc(N2C(=NC(=O)COc3ccc(Cl)cc3)S[C@H]3CS(=O)(=O)C[C@H]32)cc1. The van der Waals surface area contributed by atoms with Gasteiger partial charge in [-0.05, 0) is 43.3 Å². The van der Waals surface area contributed by atoms with Gasteiger partial charge >= 0.3 is 0 Å². The molecular weight excluding hydrogens is 432 g/mol. The predicted molar refractivity (Wildman–Crippen MR) is 117 cm³/mol. The van der Waals surface area contributed by atoms with Gasteiger partial charge in [-0.3, -0.25) is 4.79 Å². The molecule has 2 aliphatic heterocycles. The van der Waals surface area contributed by atoms with Gasteiger partial charge in [0.1, 0.15) is 5.75 Å². The number of halogens is 1. The maximum Gasteiger partial charge on any atom is 0.285 e. The van der Waals surface area contributed by atoms with E-state index in [-0.39, 0.29) is 29.4 Å². The molecule has 0 aromatic heterocycles. The number of benzene rings is 2. The summed E-state index contributed by atoms with van der Waals surface area (Å²) in [5.74, 6) is 0.259. The number of sulfone groups is 1. The van der Waals surface area contributed by atoms with Gasteiger partial charge in [-0.2, -0.15) is 4.99 Å². The molecule has 152 valence electrons. The van der Waals surface area contributed by atoms with Crippen LogP contribution in [-0.2, 0) is 14.6 Å². The number of rotatable bonds is 4. The van der Waals surface area contributed by atoms with Crippen molar-refractivity contribution in [1.82, 2.24) is 0 Å². The van der Waals surface area contributed by atoms with E-state index in [9.17, 15) is 13.2 Å². The highest BCUT2D eigenvalue weighted by Gasteiger charge is 2.49. The number of fused-ring (bicyclic) bond motifs is 1. The summed E-state index contributed by atoms with van der Waals surface area (Å²) in [6, 6.07) is 14.3. The summed E-state index contributed by atoms with van der Waals surface area (Å²) in [5, 5.41) is 0.968. The van der Waals surface area contributed by atoms with Crippen molar-refractivity contribution in [3.05, 3.63) is 59.1 Å². The number of hydrogen-bond acceptors (Lipinski definition) is 5. The van der Waals surface area contributed by atoms with Gasteiger partial charge in [-0.25, -0.2) is 8.42 Å². The van der Waals surface area contributed by atoms with Gasteiger partial charge in [-0.15, -0.1) is 0 Å². The van der Waals surface area contributed by atoms with E-state index < -0.39 is 15.7 Å². The number of carbonyl (C=O) groups is 1. The summed E-state index contributed by atoms with van der Waals surface area (Å²) >= 11 is 7.19. The second kappa shape index (κ2) is 8.01. The molecule has 9 heteroatoms. The molecule has 2 fully saturated rings. The van der Waals surface area contributed by atoms with Crippen molar-refractivity contribution >= 4 is 50.0 Å². The fourth-order valence-corrected chi connectivity index (χ4v) is 7.44. The van der Waals surface area contributed by atoms with Gasteiger partial charge in [0.25, 0.3) is 5.91 Å². The number of thioether (sulfide) groups is 1. The fourth-order valence-electron chi connectivity index (χ4n) is 3.39. The number of anilines is 1. The van der Waals surface area contributed by atoms with Crippen LogP contribution in [0, 0.1) is 6.92 Å². The molecule has 0 radical (unpaired) electrons. The molecule has 6 nitrogen and oxygen atoms in total. The Bertz CT molecular complexity index is 1050. The molecule has 2 saturated heterocycles. The van der Waals surface area contributed by atoms with E-state index in [1.165, 1.54) is 11.8 Å². The minimum atomic E-state index is -3.09. The van der Waals surface area contributed by atoms with E-state index >= 15 is 0 Å². The molecule has 0 spiro atoms. The molecule has 0 bridgehead atoms. The third-order valence-corrected chi connectivity index (χ3v) is 8.24. The summed E-state index contributed by atoms with van der Waals surface area (Å²) in [6.07, 6.45) is 0. The van der Waals surface area contributed by atoms with Crippen LogP contribution in [0.3, 0.4) is 0 Å². The zero-order valence-corrected chi connectivity index (χ0v) is 18.0. The van der Waals surface area contributed by atoms with Gasteiger partial charge in [0, 0.05) is 16.0 Å². The van der Waals surface area contributed by atoms with Crippen LogP contribution in [0.25, 0.3) is 0 Å². The first-order valence-corrected chi connectivity index (χ1v) is 12.1. The quantitative estimate of drug-likeness (QED) is 0.711. The number of carbonyl (C=O) groups excluding carboxylic acids is 1. The number of aryl methyl sites for hydroxylation is 1. The minimum absolute atomic E-state index is 0.0625. The van der Waals surface area contributed by atoms with E-state index in [0.717, 1.165) is 11.3 Å². The Morgan fingerprint density at radius 1 is 1.17 bits per heavy atom. The van der Waals surface area contributed by atoms with E-state index in [0.29, 0.717) is 15.9 Å². The summed E-state index contributed by atoms with van der Waals surface area (Å²) in [4.78, 5) is 18.5. The molecule has 2 heterocycles. The molecule has 2 aliphatic rings. The van der Waals surface area contributed by atoms with E-state index in [2.05, 4.69) is 4.99 Å². The van der Waals surface area contributed by atoms with E-state index in [4.69, 9.17) is 16.3 Å². The largest absolute Gasteiger partial charge is 0.484 e. The number of nitrogens with zero attached hydrogens (tertiary/aromatic N) is 2. The van der Waals surface area contributed by atoms with Crippen LogP contribution < -0.4 is 9.64 Å². The lowest BCUT2D eigenvalue weighted by molar-refractivity contribution is -0.119. The normalized spacial score (nSPS) is 23.9. The van der Waals surface area contributed by atoms with Crippen LogP contribution in [0.15, 0.2) is 53.5 Å². The van der Waals surface area contributed by atoms with Crippen LogP contribution in [-0.4, -0.2) is 48.9 Å². The van der Waals surface area contributed by atoms with E-state index in [1.807, 2.05) is 36.1 Å². The number of amidine groups is 1. The van der Waals surface area contributed by atoms with Crippen molar-refractivity contribution < 1.29 is 17.9 Å². The molecule has 1 amide bonds. The van der Waals surface area contributed by atoms with Crippen LogP contribution >= 0.6 is 23.4 Å². The van der Waals surface area contributed by atoms with Gasteiger partial charge in [0.05, 0.1) is 17.5 Å². The molecule has 0 N–H and O–H groups in total. The highest BCUT2D eigenvalue weighted by Crippen LogP contribution is 2.41. The highest BCUT2D eigenvalue weighted by atomic mass is 35.5. The van der Waals surface area contributed by atoms with Crippen LogP contribution in [0.4, 0.5) is 5.69 Å². The predicted octanol–water partition coefficient (Wildman–Crippen LogP) is 3.33. The second-order valence-electron chi connectivity index (χ2n) is 7.04. The Morgan fingerprint density at radius 3 is 2.55 bits per heavy atom.